The number of ether oxygens (including phenoxy) is 1. The predicted molar refractivity (Wildman–Crippen MR) is 65.6 cm³/mol. The van der Waals surface area contributed by atoms with Crippen LogP contribution < -0.4 is 5.32 Å². The molecule has 0 bridgehead atoms. The molecule has 1 N–H and O–H groups in total. The quantitative estimate of drug-likeness (QED) is 0.691. The van der Waals surface area contributed by atoms with Gasteiger partial charge >= 0.3 is 0 Å². The SMILES string of the molecule is CCc1ccc(C(C)NCCCCOC)o1. The van der Waals surface area contributed by atoms with Gasteiger partial charge in [0.1, 0.15) is 11.5 Å². The Bertz CT molecular complexity index is 283. The smallest absolute Gasteiger partial charge is 0.120 e. The highest BCUT2D eigenvalue weighted by molar-refractivity contribution is 5.09. The Labute approximate surface area is 98.2 Å². The van der Waals surface area contributed by atoms with Crippen molar-refractivity contribution in [2.24, 2.45) is 0 Å². The van der Waals surface area contributed by atoms with Gasteiger partial charge in [0, 0.05) is 20.1 Å². The van der Waals surface area contributed by atoms with Gasteiger partial charge in [0.15, 0.2) is 0 Å². The van der Waals surface area contributed by atoms with E-state index in [0.29, 0.717) is 6.04 Å². The Hall–Kier alpha value is -0.800. The third-order valence-corrected chi connectivity index (χ3v) is 2.68. The van der Waals surface area contributed by atoms with E-state index in [2.05, 4.69) is 31.3 Å². The monoisotopic (exact) mass is 225 g/mol. The zero-order chi connectivity index (χ0) is 11.8. The Morgan fingerprint density at radius 1 is 1.38 bits per heavy atom. The molecular formula is C13H23NO2. The van der Waals surface area contributed by atoms with Crippen LogP contribution in [-0.4, -0.2) is 20.3 Å². The van der Waals surface area contributed by atoms with Crippen molar-refractivity contribution in [1.29, 1.82) is 0 Å². The molecule has 0 aliphatic heterocycles. The lowest BCUT2D eigenvalue weighted by atomic mass is 10.2. The molecule has 1 unspecified atom stereocenters. The van der Waals surface area contributed by atoms with Crippen molar-refractivity contribution in [1.82, 2.24) is 5.32 Å². The number of unbranched alkanes of at least 4 members (excludes halogenated alkanes) is 1. The van der Waals surface area contributed by atoms with E-state index >= 15 is 0 Å². The molecule has 0 aliphatic carbocycles. The second kappa shape index (κ2) is 7.47. The summed E-state index contributed by atoms with van der Waals surface area (Å²) in [6, 6.07) is 4.41. The standard InChI is InChI=1S/C13H23NO2/c1-4-12-7-8-13(16-12)11(2)14-9-5-6-10-15-3/h7-8,11,14H,4-6,9-10H2,1-3H3. The lowest BCUT2D eigenvalue weighted by Gasteiger charge is -2.10. The van der Waals surface area contributed by atoms with E-state index in [1.54, 1.807) is 7.11 Å². The molecule has 1 atom stereocenters. The van der Waals surface area contributed by atoms with Crippen LogP contribution >= 0.6 is 0 Å². The fourth-order valence-corrected chi connectivity index (χ4v) is 1.61. The number of nitrogens with one attached hydrogen (secondary N) is 1. The summed E-state index contributed by atoms with van der Waals surface area (Å²) in [6.45, 7) is 6.09. The number of aryl methyl sites for hydroxylation is 1. The number of methoxy groups -OCH3 is 1. The van der Waals surface area contributed by atoms with Gasteiger partial charge in [0.05, 0.1) is 6.04 Å². The third-order valence-electron chi connectivity index (χ3n) is 2.68. The van der Waals surface area contributed by atoms with E-state index < -0.39 is 0 Å². The molecule has 0 saturated carbocycles. The molecule has 0 radical (unpaired) electrons. The molecule has 0 fully saturated rings. The highest BCUT2D eigenvalue weighted by Gasteiger charge is 2.08. The minimum atomic E-state index is 0.294. The maximum Gasteiger partial charge on any atom is 0.120 e. The molecule has 1 rings (SSSR count). The van der Waals surface area contributed by atoms with Crippen LogP contribution in [0.1, 0.15) is 44.3 Å². The molecule has 0 saturated heterocycles. The summed E-state index contributed by atoms with van der Waals surface area (Å²) in [5, 5.41) is 3.45. The van der Waals surface area contributed by atoms with Crippen molar-refractivity contribution in [2.45, 2.75) is 39.2 Å². The molecule has 0 aromatic carbocycles. The first-order valence-electron chi connectivity index (χ1n) is 6.08. The number of rotatable bonds is 8. The van der Waals surface area contributed by atoms with Crippen LogP contribution in [0.2, 0.25) is 0 Å². The molecule has 1 heterocycles. The van der Waals surface area contributed by atoms with Crippen LogP contribution in [0.3, 0.4) is 0 Å². The molecule has 0 aliphatic rings. The van der Waals surface area contributed by atoms with Gasteiger partial charge in [0.25, 0.3) is 0 Å². The largest absolute Gasteiger partial charge is 0.464 e. The molecule has 0 spiro atoms. The highest BCUT2D eigenvalue weighted by atomic mass is 16.5. The van der Waals surface area contributed by atoms with E-state index in [4.69, 9.17) is 9.15 Å². The third kappa shape index (κ3) is 4.37. The molecule has 0 amide bonds. The predicted octanol–water partition coefficient (Wildman–Crippen LogP) is 2.92. The number of hydrogen-bond donors (Lipinski definition) is 1. The van der Waals surface area contributed by atoms with Gasteiger partial charge in [-0.3, -0.25) is 0 Å². The van der Waals surface area contributed by atoms with Crippen molar-refractivity contribution in [2.75, 3.05) is 20.3 Å². The zero-order valence-electron chi connectivity index (χ0n) is 10.6. The van der Waals surface area contributed by atoms with Gasteiger partial charge in [0.2, 0.25) is 0 Å². The van der Waals surface area contributed by atoms with Crippen LogP contribution in [0.4, 0.5) is 0 Å². The second-order valence-electron chi connectivity index (χ2n) is 4.03. The van der Waals surface area contributed by atoms with Crippen molar-refractivity contribution in [3.05, 3.63) is 23.7 Å². The average Bonchev–Trinajstić information content (AvgIpc) is 2.77. The Morgan fingerprint density at radius 3 is 2.81 bits per heavy atom. The van der Waals surface area contributed by atoms with Crippen molar-refractivity contribution in [3.63, 3.8) is 0 Å². The van der Waals surface area contributed by atoms with Gasteiger partial charge in [-0.2, -0.15) is 0 Å². The summed E-state index contributed by atoms with van der Waals surface area (Å²) >= 11 is 0. The molecular weight excluding hydrogens is 202 g/mol. The molecule has 3 nitrogen and oxygen atoms in total. The lowest BCUT2D eigenvalue weighted by molar-refractivity contribution is 0.192. The summed E-state index contributed by atoms with van der Waals surface area (Å²) in [6.07, 6.45) is 3.20. The maximum absolute atomic E-state index is 5.69. The van der Waals surface area contributed by atoms with E-state index in [0.717, 1.165) is 43.9 Å². The first-order valence-corrected chi connectivity index (χ1v) is 6.08. The first-order chi connectivity index (χ1) is 7.77. The maximum atomic E-state index is 5.69. The second-order valence-corrected chi connectivity index (χ2v) is 4.03. The highest BCUT2D eigenvalue weighted by Crippen LogP contribution is 2.16. The summed E-state index contributed by atoms with van der Waals surface area (Å²) in [5.41, 5.74) is 0. The molecule has 1 aromatic heterocycles. The van der Waals surface area contributed by atoms with Crippen LogP contribution in [0, 0.1) is 0 Å². The zero-order valence-corrected chi connectivity index (χ0v) is 10.6. The van der Waals surface area contributed by atoms with Gasteiger partial charge in [-0.15, -0.1) is 0 Å². The Balaban J connectivity index is 2.21. The fourth-order valence-electron chi connectivity index (χ4n) is 1.61. The van der Waals surface area contributed by atoms with E-state index in [9.17, 15) is 0 Å². The Kier molecular flexibility index (Phi) is 6.19. The fraction of sp³-hybridized carbons (Fsp3) is 0.692. The van der Waals surface area contributed by atoms with E-state index in [1.807, 2.05) is 0 Å². The molecule has 3 heteroatoms. The van der Waals surface area contributed by atoms with Gasteiger partial charge in [-0.25, -0.2) is 0 Å². The topological polar surface area (TPSA) is 34.4 Å². The summed E-state index contributed by atoms with van der Waals surface area (Å²) in [5.74, 6) is 2.09. The van der Waals surface area contributed by atoms with Crippen molar-refractivity contribution in [3.8, 4) is 0 Å². The van der Waals surface area contributed by atoms with Gasteiger partial charge < -0.3 is 14.5 Å². The van der Waals surface area contributed by atoms with Gasteiger partial charge in [-0.1, -0.05) is 6.92 Å². The molecule has 92 valence electrons. The minimum Gasteiger partial charge on any atom is -0.464 e. The van der Waals surface area contributed by atoms with Crippen LogP contribution in [0.25, 0.3) is 0 Å². The molecule has 1 aromatic rings. The minimum absolute atomic E-state index is 0.294. The van der Waals surface area contributed by atoms with Crippen molar-refractivity contribution >= 4 is 0 Å². The Morgan fingerprint density at radius 2 is 2.19 bits per heavy atom. The van der Waals surface area contributed by atoms with E-state index in [1.165, 1.54) is 0 Å². The normalized spacial score (nSPS) is 12.9. The van der Waals surface area contributed by atoms with Crippen LogP contribution in [-0.2, 0) is 11.2 Å². The van der Waals surface area contributed by atoms with Crippen LogP contribution in [0.5, 0.6) is 0 Å². The average molecular weight is 225 g/mol. The van der Waals surface area contributed by atoms with Crippen molar-refractivity contribution < 1.29 is 9.15 Å². The number of furan rings is 1. The first kappa shape index (κ1) is 13.3. The lowest BCUT2D eigenvalue weighted by Crippen LogP contribution is -2.19. The molecule has 16 heavy (non-hydrogen) atoms. The van der Waals surface area contributed by atoms with Crippen LogP contribution in [0.15, 0.2) is 16.5 Å². The summed E-state index contributed by atoms with van der Waals surface area (Å²) in [4.78, 5) is 0. The van der Waals surface area contributed by atoms with Gasteiger partial charge in [-0.05, 0) is 38.4 Å². The van der Waals surface area contributed by atoms with E-state index in [-0.39, 0.29) is 0 Å². The number of hydrogen-bond acceptors (Lipinski definition) is 3. The summed E-state index contributed by atoms with van der Waals surface area (Å²) < 4.78 is 10.7. The summed E-state index contributed by atoms with van der Waals surface area (Å²) in [7, 11) is 1.74.